The molecule has 1 heteroatoms. The zero-order valence-electron chi connectivity index (χ0n) is 11.5. The third-order valence-electron chi connectivity index (χ3n) is 6.24. The number of rotatable bonds is 0. The average Bonchev–Trinajstić information content (AvgIpc) is 2.19. The molecular weight excluding hydrogens is 208 g/mol. The summed E-state index contributed by atoms with van der Waals surface area (Å²) in [4.78, 5) is 0. The molecule has 0 amide bonds. The molecule has 0 aromatic carbocycles. The predicted octanol–water partition coefficient (Wildman–Crippen LogP) is 4.00. The van der Waals surface area contributed by atoms with Crippen LogP contribution in [0.2, 0.25) is 0 Å². The maximum atomic E-state index is 10.4. The molecule has 98 valence electrons. The van der Waals surface area contributed by atoms with Crippen molar-refractivity contribution in [3.63, 3.8) is 0 Å². The topological polar surface area (TPSA) is 20.2 Å². The van der Waals surface area contributed by atoms with E-state index < -0.39 is 0 Å². The van der Waals surface area contributed by atoms with Crippen molar-refractivity contribution in [3.05, 3.63) is 0 Å². The van der Waals surface area contributed by atoms with Crippen molar-refractivity contribution in [2.45, 2.75) is 71.3 Å². The van der Waals surface area contributed by atoms with Crippen LogP contribution in [-0.2, 0) is 0 Å². The van der Waals surface area contributed by atoms with Gasteiger partial charge in [-0.2, -0.15) is 0 Å². The van der Waals surface area contributed by atoms with E-state index >= 15 is 0 Å². The summed E-state index contributed by atoms with van der Waals surface area (Å²) in [6, 6.07) is 0. The zero-order valence-corrected chi connectivity index (χ0v) is 11.5. The van der Waals surface area contributed by atoms with Gasteiger partial charge in [0.1, 0.15) is 0 Å². The Morgan fingerprint density at radius 3 is 2.53 bits per heavy atom. The normalized spacial score (nSPS) is 54.9. The van der Waals surface area contributed by atoms with Crippen molar-refractivity contribution in [1.29, 1.82) is 0 Å². The molecule has 3 fully saturated rings. The van der Waals surface area contributed by atoms with Crippen LogP contribution >= 0.6 is 0 Å². The fourth-order valence-electron chi connectivity index (χ4n) is 5.78. The van der Waals surface area contributed by atoms with Gasteiger partial charge in [0, 0.05) is 0 Å². The van der Waals surface area contributed by atoms with E-state index in [1.54, 1.807) is 0 Å². The first kappa shape index (κ1) is 12.0. The molecule has 0 radical (unpaired) electrons. The highest BCUT2D eigenvalue weighted by molar-refractivity contribution is 5.10. The summed E-state index contributed by atoms with van der Waals surface area (Å²) in [5, 5.41) is 10.4. The van der Waals surface area contributed by atoms with Crippen LogP contribution in [0.5, 0.6) is 0 Å². The van der Waals surface area contributed by atoms with Gasteiger partial charge in [0.2, 0.25) is 0 Å². The maximum Gasteiger partial charge on any atom is 0.0579 e. The molecule has 3 rings (SSSR count). The summed E-state index contributed by atoms with van der Waals surface area (Å²) in [6.07, 6.45) is 11.0. The van der Waals surface area contributed by atoms with Crippen LogP contribution in [0, 0.1) is 29.1 Å². The summed E-state index contributed by atoms with van der Waals surface area (Å²) >= 11 is 0. The van der Waals surface area contributed by atoms with Crippen molar-refractivity contribution in [2.24, 2.45) is 29.1 Å². The SMILES string of the molecule is CC1CC(O)C2C3CCCCCCC3C2(C)C1. The van der Waals surface area contributed by atoms with Gasteiger partial charge in [-0.3, -0.25) is 0 Å². The lowest BCUT2D eigenvalue weighted by molar-refractivity contribution is -0.208. The van der Waals surface area contributed by atoms with Gasteiger partial charge < -0.3 is 5.11 Å². The Morgan fingerprint density at radius 2 is 1.76 bits per heavy atom. The van der Waals surface area contributed by atoms with Crippen molar-refractivity contribution in [3.8, 4) is 0 Å². The van der Waals surface area contributed by atoms with Gasteiger partial charge in [0.15, 0.2) is 0 Å². The van der Waals surface area contributed by atoms with E-state index in [0.717, 1.165) is 24.2 Å². The molecule has 0 saturated heterocycles. The molecule has 0 aromatic rings. The molecular formula is C16H28O. The second kappa shape index (κ2) is 4.26. The van der Waals surface area contributed by atoms with Gasteiger partial charge in [-0.25, -0.2) is 0 Å². The lowest BCUT2D eigenvalue weighted by Gasteiger charge is -2.66. The minimum Gasteiger partial charge on any atom is -0.393 e. The van der Waals surface area contributed by atoms with Crippen molar-refractivity contribution >= 4 is 0 Å². The number of hydrogen-bond donors (Lipinski definition) is 1. The number of hydrogen-bond acceptors (Lipinski definition) is 1. The Bertz CT molecular complexity index is 287. The van der Waals surface area contributed by atoms with Gasteiger partial charge in [0.05, 0.1) is 6.10 Å². The Labute approximate surface area is 106 Å². The molecule has 17 heavy (non-hydrogen) atoms. The summed E-state index contributed by atoms with van der Waals surface area (Å²) in [6.45, 7) is 4.82. The molecule has 3 saturated carbocycles. The highest BCUT2D eigenvalue weighted by Crippen LogP contribution is 2.66. The summed E-state index contributed by atoms with van der Waals surface area (Å²) < 4.78 is 0. The largest absolute Gasteiger partial charge is 0.393 e. The smallest absolute Gasteiger partial charge is 0.0579 e. The van der Waals surface area contributed by atoms with Gasteiger partial charge >= 0.3 is 0 Å². The van der Waals surface area contributed by atoms with E-state index in [9.17, 15) is 5.11 Å². The van der Waals surface area contributed by atoms with E-state index in [1.807, 2.05) is 0 Å². The van der Waals surface area contributed by atoms with Crippen LogP contribution in [0.1, 0.15) is 65.2 Å². The quantitative estimate of drug-likeness (QED) is 0.674. The monoisotopic (exact) mass is 236 g/mol. The molecule has 0 spiro atoms. The van der Waals surface area contributed by atoms with E-state index in [2.05, 4.69) is 13.8 Å². The summed E-state index contributed by atoms with van der Waals surface area (Å²) in [5.74, 6) is 3.17. The van der Waals surface area contributed by atoms with Crippen molar-refractivity contribution in [2.75, 3.05) is 0 Å². The van der Waals surface area contributed by atoms with E-state index in [-0.39, 0.29) is 6.10 Å². The predicted molar refractivity (Wildman–Crippen MR) is 70.7 cm³/mol. The summed E-state index contributed by atoms with van der Waals surface area (Å²) in [7, 11) is 0. The van der Waals surface area contributed by atoms with Crippen LogP contribution in [0.4, 0.5) is 0 Å². The van der Waals surface area contributed by atoms with Crippen LogP contribution in [0.25, 0.3) is 0 Å². The maximum absolute atomic E-state index is 10.4. The van der Waals surface area contributed by atoms with Gasteiger partial charge in [-0.05, 0) is 54.8 Å². The van der Waals surface area contributed by atoms with E-state index in [0.29, 0.717) is 11.3 Å². The van der Waals surface area contributed by atoms with E-state index in [1.165, 1.54) is 44.9 Å². The molecule has 6 unspecified atom stereocenters. The number of fused-ring (bicyclic) bond motifs is 4. The molecule has 0 aromatic heterocycles. The second-order valence-corrected chi connectivity index (χ2v) is 7.41. The molecule has 6 atom stereocenters. The van der Waals surface area contributed by atoms with Crippen LogP contribution < -0.4 is 0 Å². The first-order valence-electron chi connectivity index (χ1n) is 7.81. The van der Waals surface area contributed by atoms with Crippen LogP contribution in [0.15, 0.2) is 0 Å². The van der Waals surface area contributed by atoms with Crippen LogP contribution in [0.3, 0.4) is 0 Å². The number of aliphatic hydroxyl groups excluding tert-OH is 1. The Hall–Kier alpha value is -0.0400. The lowest BCUT2D eigenvalue weighted by atomic mass is 9.39. The van der Waals surface area contributed by atoms with Crippen LogP contribution in [-0.4, -0.2) is 11.2 Å². The molecule has 0 heterocycles. The summed E-state index contributed by atoms with van der Waals surface area (Å²) in [5.41, 5.74) is 0.485. The van der Waals surface area contributed by atoms with Crippen molar-refractivity contribution in [1.82, 2.24) is 0 Å². The van der Waals surface area contributed by atoms with E-state index in [4.69, 9.17) is 0 Å². The molecule has 1 N–H and O–H groups in total. The molecule has 3 aliphatic carbocycles. The first-order chi connectivity index (χ1) is 8.13. The second-order valence-electron chi connectivity index (χ2n) is 7.41. The molecule has 0 aliphatic heterocycles. The van der Waals surface area contributed by atoms with Gasteiger partial charge in [0.25, 0.3) is 0 Å². The van der Waals surface area contributed by atoms with Crippen molar-refractivity contribution < 1.29 is 5.11 Å². The standard InChI is InChI=1S/C16H28O/c1-11-9-14(17)15-12-7-5-3-4-6-8-13(12)16(15,2)10-11/h11-15,17H,3-10H2,1-2H3. The zero-order chi connectivity index (χ0) is 12.0. The minimum absolute atomic E-state index is 0.00410. The number of aliphatic hydroxyl groups is 1. The molecule has 0 bridgehead atoms. The minimum atomic E-state index is 0.00410. The fraction of sp³-hybridized carbons (Fsp3) is 1.00. The molecule has 3 aliphatic rings. The average molecular weight is 236 g/mol. The Morgan fingerprint density at radius 1 is 1.06 bits per heavy atom. The fourth-order valence-corrected chi connectivity index (χ4v) is 5.78. The highest BCUT2D eigenvalue weighted by Gasteiger charge is 2.62. The third kappa shape index (κ3) is 1.77. The third-order valence-corrected chi connectivity index (χ3v) is 6.24. The lowest BCUT2D eigenvalue weighted by Crippen LogP contribution is -2.62. The Balaban J connectivity index is 1.81. The molecule has 1 nitrogen and oxygen atoms in total. The van der Waals surface area contributed by atoms with Gasteiger partial charge in [-0.1, -0.05) is 39.5 Å². The van der Waals surface area contributed by atoms with Gasteiger partial charge in [-0.15, -0.1) is 0 Å². The Kier molecular flexibility index (Phi) is 3.01. The first-order valence-corrected chi connectivity index (χ1v) is 7.81. The highest BCUT2D eigenvalue weighted by atomic mass is 16.3.